The molecule has 0 saturated heterocycles. The van der Waals surface area contributed by atoms with Gasteiger partial charge in [-0.3, -0.25) is 0 Å². The summed E-state index contributed by atoms with van der Waals surface area (Å²) < 4.78 is 13.4. The average molecular weight is 377 g/mol. The van der Waals surface area contributed by atoms with Gasteiger partial charge in [0, 0.05) is 5.56 Å². The maximum Gasteiger partial charge on any atom is 0.250 e. The van der Waals surface area contributed by atoms with Crippen LogP contribution in [0.2, 0.25) is 36.3 Å². The maximum absolute atomic E-state index is 6.72. The van der Waals surface area contributed by atoms with E-state index < -0.39 is 16.6 Å². The first-order valence-corrected chi connectivity index (χ1v) is 15.2. The second-order valence-corrected chi connectivity index (χ2v) is 19.8. The Morgan fingerprint density at radius 3 is 1.92 bits per heavy atom. The third-order valence-electron chi connectivity index (χ3n) is 6.23. The van der Waals surface area contributed by atoms with Gasteiger partial charge in [-0.2, -0.15) is 0 Å². The summed E-state index contributed by atoms with van der Waals surface area (Å²) in [5.41, 5.74) is 2.46. The van der Waals surface area contributed by atoms with Crippen molar-refractivity contribution >= 4 is 22.7 Å². The Hall–Kier alpha value is -0.846. The first-order valence-electron chi connectivity index (χ1n) is 9.34. The van der Waals surface area contributed by atoms with Crippen LogP contribution < -0.4 is 4.43 Å². The third-order valence-corrected chi connectivity index (χ3v) is 15.0. The van der Waals surface area contributed by atoms with Crippen molar-refractivity contribution in [3.8, 4) is 5.75 Å². The quantitative estimate of drug-likeness (QED) is 0.519. The topological polar surface area (TPSA) is 18.5 Å². The van der Waals surface area contributed by atoms with Crippen molar-refractivity contribution in [1.29, 1.82) is 0 Å². The van der Waals surface area contributed by atoms with Crippen LogP contribution in [0, 0.1) is 0 Å². The minimum Gasteiger partial charge on any atom is -0.543 e. The summed E-state index contributed by atoms with van der Waals surface area (Å²) in [4.78, 5) is 0. The van der Waals surface area contributed by atoms with Crippen LogP contribution in [-0.4, -0.2) is 16.6 Å². The van der Waals surface area contributed by atoms with Crippen molar-refractivity contribution in [2.24, 2.45) is 0 Å². The Morgan fingerprint density at radius 2 is 1.40 bits per heavy atom. The van der Waals surface area contributed by atoms with Crippen LogP contribution in [-0.2, 0) is 4.43 Å². The second-order valence-electron chi connectivity index (χ2n) is 10.3. The van der Waals surface area contributed by atoms with E-state index in [0.29, 0.717) is 0 Å². The fourth-order valence-electron chi connectivity index (χ4n) is 2.41. The Bertz CT molecular complexity index is 661. The maximum atomic E-state index is 6.72. The molecule has 0 heterocycles. The van der Waals surface area contributed by atoms with E-state index in [1.54, 1.807) is 0 Å². The molecule has 2 rings (SSSR count). The monoisotopic (exact) mass is 376 g/mol. The molecule has 0 aliphatic heterocycles. The van der Waals surface area contributed by atoms with Gasteiger partial charge in [0.2, 0.25) is 8.32 Å². The van der Waals surface area contributed by atoms with Crippen molar-refractivity contribution < 1.29 is 8.85 Å². The van der Waals surface area contributed by atoms with Gasteiger partial charge in [0.25, 0.3) is 0 Å². The van der Waals surface area contributed by atoms with Gasteiger partial charge in [-0.05, 0) is 47.9 Å². The van der Waals surface area contributed by atoms with Crippen LogP contribution in [0.1, 0.15) is 58.8 Å². The van der Waals surface area contributed by atoms with Crippen molar-refractivity contribution in [3.63, 3.8) is 0 Å². The highest BCUT2D eigenvalue weighted by molar-refractivity contribution is 6.75. The SMILES string of the molecule is CC(C)(C)[Si](C)(C)Oc1cccc2c1C(O[Si](C)(C)C(C)(C)C)C=C2. The van der Waals surface area contributed by atoms with Crippen LogP contribution in [0.5, 0.6) is 5.75 Å². The summed E-state index contributed by atoms with van der Waals surface area (Å²) in [5.74, 6) is 1.01. The van der Waals surface area contributed by atoms with Crippen LogP contribution >= 0.6 is 0 Å². The molecule has 1 aromatic carbocycles. The highest BCUT2D eigenvalue weighted by Crippen LogP contribution is 2.46. The van der Waals surface area contributed by atoms with Crippen molar-refractivity contribution in [1.82, 2.24) is 0 Å². The number of fused-ring (bicyclic) bond motifs is 1. The molecule has 2 nitrogen and oxygen atoms in total. The first-order chi connectivity index (χ1) is 11.2. The Balaban J connectivity index is 2.37. The molecular formula is C21H36O2Si2. The smallest absolute Gasteiger partial charge is 0.250 e. The van der Waals surface area contributed by atoms with E-state index in [1.165, 1.54) is 11.1 Å². The molecule has 1 unspecified atom stereocenters. The summed E-state index contributed by atoms with van der Waals surface area (Å²) in [5, 5.41) is 0.371. The van der Waals surface area contributed by atoms with Crippen molar-refractivity contribution in [2.75, 3.05) is 0 Å². The van der Waals surface area contributed by atoms with Gasteiger partial charge in [0.1, 0.15) is 5.75 Å². The third kappa shape index (κ3) is 4.12. The van der Waals surface area contributed by atoms with Gasteiger partial charge in [0.15, 0.2) is 8.32 Å². The van der Waals surface area contributed by atoms with Crippen LogP contribution in [0.15, 0.2) is 24.3 Å². The van der Waals surface area contributed by atoms with E-state index in [4.69, 9.17) is 8.85 Å². The fourth-order valence-corrected chi connectivity index (χ4v) is 4.63. The van der Waals surface area contributed by atoms with Gasteiger partial charge in [-0.15, -0.1) is 0 Å². The van der Waals surface area contributed by atoms with E-state index in [0.717, 1.165) is 5.75 Å². The molecule has 0 bridgehead atoms. The highest BCUT2D eigenvalue weighted by atomic mass is 28.4. The molecule has 1 aliphatic carbocycles. The van der Waals surface area contributed by atoms with Crippen molar-refractivity contribution in [3.05, 3.63) is 35.4 Å². The zero-order valence-corrected chi connectivity index (χ0v) is 19.8. The molecule has 0 aromatic heterocycles. The predicted octanol–water partition coefficient (Wildman–Crippen LogP) is 7.16. The molecule has 1 aliphatic rings. The molecule has 0 spiro atoms. The van der Waals surface area contributed by atoms with Gasteiger partial charge in [-0.25, -0.2) is 0 Å². The number of hydrogen-bond donors (Lipinski definition) is 0. The average Bonchev–Trinajstić information content (AvgIpc) is 2.79. The Morgan fingerprint density at radius 1 is 0.840 bits per heavy atom. The van der Waals surface area contributed by atoms with E-state index in [2.05, 4.69) is 98.1 Å². The molecule has 25 heavy (non-hydrogen) atoms. The minimum absolute atomic E-state index is 0.0110. The zero-order valence-electron chi connectivity index (χ0n) is 17.8. The lowest BCUT2D eigenvalue weighted by atomic mass is 10.1. The predicted molar refractivity (Wildman–Crippen MR) is 114 cm³/mol. The van der Waals surface area contributed by atoms with Crippen LogP contribution in [0.4, 0.5) is 0 Å². The summed E-state index contributed by atoms with van der Waals surface area (Å²) in [7, 11) is -3.74. The normalized spacial score (nSPS) is 18.4. The standard InChI is InChI=1S/C21H36O2Si2/c1-20(2,3)24(7,8)22-17-13-11-12-16-14-15-18(19(16)17)23-25(9,10)21(4,5)6/h11-15,18H,1-10H3. The molecule has 4 heteroatoms. The van der Waals surface area contributed by atoms with E-state index >= 15 is 0 Å². The Kier molecular flexibility index (Phi) is 5.24. The number of rotatable bonds is 4. The molecule has 0 fully saturated rings. The summed E-state index contributed by atoms with van der Waals surface area (Å²) >= 11 is 0. The summed E-state index contributed by atoms with van der Waals surface area (Å²) in [6.45, 7) is 23.0. The zero-order chi connectivity index (χ0) is 19.3. The summed E-state index contributed by atoms with van der Waals surface area (Å²) in [6, 6.07) is 6.38. The van der Waals surface area contributed by atoms with E-state index in [-0.39, 0.29) is 16.2 Å². The lowest BCUT2D eigenvalue weighted by Gasteiger charge is -2.40. The van der Waals surface area contributed by atoms with Crippen LogP contribution in [0.3, 0.4) is 0 Å². The van der Waals surface area contributed by atoms with Gasteiger partial charge in [0.05, 0.1) is 6.10 Å². The summed E-state index contributed by atoms with van der Waals surface area (Å²) in [6.07, 6.45) is 4.40. The number of hydrogen-bond acceptors (Lipinski definition) is 2. The second kappa shape index (κ2) is 6.40. The molecule has 0 amide bonds. The largest absolute Gasteiger partial charge is 0.543 e. The lowest BCUT2D eigenvalue weighted by Crippen LogP contribution is -2.44. The van der Waals surface area contributed by atoms with Gasteiger partial charge < -0.3 is 8.85 Å². The fraction of sp³-hybridized carbons (Fsp3) is 0.619. The highest BCUT2D eigenvalue weighted by Gasteiger charge is 2.42. The number of benzene rings is 1. The van der Waals surface area contributed by atoms with Crippen molar-refractivity contribution in [2.45, 2.75) is 83.9 Å². The molecule has 0 radical (unpaired) electrons. The molecule has 1 aromatic rings. The lowest BCUT2D eigenvalue weighted by molar-refractivity contribution is 0.229. The van der Waals surface area contributed by atoms with E-state index in [1.807, 2.05) is 0 Å². The van der Waals surface area contributed by atoms with E-state index in [9.17, 15) is 0 Å². The van der Waals surface area contributed by atoms with Crippen LogP contribution in [0.25, 0.3) is 6.08 Å². The Labute approximate surface area is 156 Å². The minimum atomic E-state index is -1.89. The molecule has 140 valence electrons. The molecule has 0 N–H and O–H groups in total. The molecule has 0 saturated carbocycles. The van der Waals surface area contributed by atoms with Gasteiger partial charge >= 0.3 is 0 Å². The molecular weight excluding hydrogens is 340 g/mol. The first kappa shape index (κ1) is 20.5. The molecule has 1 atom stereocenters. The van der Waals surface area contributed by atoms with Gasteiger partial charge in [-0.1, -0.05) is 65.8 Å².